The summed E-state index contributed by atoms with van der Waals surface area (Å²) in [5.41, 5.74) is 5.72. The van der Waals surface area contributed by atoms with Gasteiger partial charge in [-0.1, -0.05) is 13.8 Å². The first-order valence-corrected chi connectivity index (χ1v) is 7.60. The van der Waals surface area contributed by atoms with Gasteiger partial charge in [0.05, 0.1) is 6.04 Å². The van der Waals surface area contributed by atoms with Crippen LogP contribution in [0.1, 0.15) is 27.2 Å². The van der Waals surface area contributed by atoms with Gasteiger partial charge in [-0.3, -0.25) is 9.59 Å². The molecule has 1 unspecified atom stereocenters. The fourth-order valence-electron chi connectivity index (χ4n) is 1.22. The molecule has 0 spiro atoms. The number of nitrogens with one attached hydrogen (secondary N) is 2. The highest BCUT2D eigenvalue weighted by Gasteiger charge is 2.19. The molecule has 0 aliphatic carbocycles. The van der Waals surface area contributed by atoms with Crippen LogP contribution in [0.4, 0.5) is 0 Å². The minimum absolute atomic E-state index is 0.172. The van der Waals surface area contributed by atoms with E-state index in [4.69, 9.17) is 5.73 Å². The molecule has 0 fully saturated rings. The Morgan fingerprint density at radius 1 is 1.22 bits per heavy atom. The lowest BCUT2D eigenvalue weighted by atomic mass is 10.2. The molecule has 0 aromatic carbocycles. The molecule has 0 heterocycles. The number of carbonyl (C=O) groups excluding carboxylic acids is 2. The maximum atomic E-state index is 11.7. The summed E-state index contributed by atoms with van der Waals surface area (Å²) in [6, 6.07) is -1.09. The molecule has 2 amide bonds. The number of hydrogen-bond acceptors (Lipinski definition) is 4. The molecule has 0 aromatic rings. The van der Waals surface area contributed by atoms with E-state index in [-0.39, 0.29) is 11.8 Å². The highest BCUT2D eigenvalue weighted by atomic mass is 32.2. The van der Waals surface area contributed by atoms with Crippen molar-refractivity contribution in [3.63, 3.8) is 0 Å². The molecule has 6 heteroatoms. The van der Waals surface area contributed by atoms with Crippen molar-refractivity contribution in [2.45, 2.75) is 39.3 Å². The van der Waals surface area contributed by atoms with Crippen LogP contribution in [0.5, 0.6) is 0 Å². The zero-order valence-corrected chi connectivity index (χ0v) is 12.5. The van der Waals surface area contributed by atoms with E-state index in [1.165, 1.54) is 0 Å². The first-order valence-electron chi connectivity index (χ1n) is 6.21. The van der Waals surface area contributed by atoms with Crippen LogP contribution in [0.15, 0.2) is 0 Å². The van der Waals surface area contributed by atoms with Crippen molar-refractivity contribution >= 4 is 23.6 Å². The maximum absolute atomic E-state index is 11.7. The predicted octanol–water partition coefficient (Wildman–Crippen LogP) is 0.344. The van der Waals surface area contributed by atoms with E-state index in [1.54, 1.807) is 18.7 Å². The summed E-state index contributed by atoms with van der Waals surface area (Å²) in [6.07, 6.45) is 2.58. The van der Waals surface area contributed by atoms with Gasteiger partial charge in [-0.25, -0.2) is 0 Å². The Morgan fingerprint density at radius 2 is 1.83 bits per heavy atom. The van der Waals surface area contributed by atoms with E-state index in [2.05, 4.69) is 10.6 Å². The van der Waals surface area contributed by atoms with Crippen LogP contribution in [0.25, 0.3) is 0 Å². The monoisotopic (exact) mass is 275 g/mol. The summed E-state index contributed by atoms with van der Waals surface area (Å²) < 4.78 is 0. The fraction of sp³-hybridized carbons (Fsp3) is 0.833. The third-order valence-electron chi connectivity index (χ3n) is 2.41. The second-order valence-corrected chi connectivity index (χ2v) is 5.74. The molecule has 2 atom stereocenters. The molecule has 4 N–H and O–H groups in total. The van der Waals surface area contributed by atoms with Crippen molar-refractivity contribution in [1.29, 1.82) is 0 Å². The van der Waals surface area contributed by atoms with E-state index >= 15 is 0 Å². The van der Waals surface area contributed by atoms with Crippen LogP contribution in [-0.4, -0.2) is 42.5 Å². The molecule has 0 rings (SSSR count). The largest absolute Gasteiger partial charge is 0.354 e. The lowest BCUT2D eigenvalue weighted by Gasteiger charge is -2.17. The second kappa shape index (κ2) is 9.22. The van der Waals surface area contributed by atoms with E-state index in [0.29, 0.717) is 18.9 Å². The quantitative estimate of drug-likeness (QED) is 0.596. The highest BCUT2D eigenvalue weighted by molar-refractivity contribution is 7.98. The van der Waals surface area contributed by atoms with Crippen molar-refractivity contribution in [3.8, 4) is 0 Å². The van der Waals surface area contributed by atoms with Crippen molar-refractivity contribution < 1.29 is 9.59 Å². The van der Waals surface area contributed by atoms with Gasteiger partial charge in [0.25, 0.3) is 0 Å². The van der Waals surface area contributed by atoms with Crippen LogP contribution >= 0.6 is 11.8 Å². The van der Waals surface area contributed by atoms with Gasteiger partial charge in [0.15, 0.2) is 0 Å². The first-order chi connectivity index (χ1) is 8.38. The number of amides is 2. The molecule has 0 saturated heterocycles. The zero-order valence-electron chi connectivity index (χ0n) is 11.7. The zero-order chi connectivity index (χ0) is 14.1. The van der Waals surface area contributed by atoms with E-state index in [1.807, 2.05) is 20.1 Å². The topological polar surface area (TPSA) is 84.2 Å². The van der Waals surface area contributed by atoms with E-state index in [9.17, 15) is 9.59 Å². The molecule has 5 nitrogen and oxygen atoms in total. The van der Waals surface area contributed by atoms with Crippen molar-refractivity contribution in [1.82, 2.24) is 10.6 Å². The molecular weight excluding hydrogens is 250 g/mol. The Balaban J connectivity index is 4.01. The molecule has 18 heavy (non-hydrogen) atoms. The van der Waals surface area contributed by atoms with Gasteiger partial charge in [-0.15, -0.1) is 0 Å². The van der Waals surface area contributed by atoms with Gasteiger partial charge < -0.3 is 16.4 Å². The Labute approximate surface area is 114 Å². The standard InChI is InChI=1S/C12H25N3O2S/c1-8(2)7-14-11(16)9(3)15-12(17)10(13)5-6-18-4/h8-10H,5-7,13H2,1-4H3,(H,14,16)(H,15,17)/t9?,10-/m1/s1. The second-order valence-electron chi connectivity index (χ2n) is 4.76. The van der Waals surface area contributed by atoms with E-state index < -0.39 is 12.1 Å². The van der Waals surface area contributed by atoms with Crippen molar-refractivity contribution in [2.75, 3.05) is 18.6 Å². The van der Waals surface area contributed by atoms with Crippen LogP contribution < -0.4 is 16.4 Å². The summed E-state index contributed by atoms with van der Waals surface area (Å²) in [4.78, 5) is 23.3. The minimum atomic E-state index is -0.545. The molecule has 106 valence electrons. The molecule has 0 radical (unpaired) electrons. The van der Waals surface area contributed by atoms with E-state index in [0.717, 1.165) is 5.75 Å². The van der Waals surface area contributed by atoms with Gasteiger partial charge in [-0.2, -0.15) is 11.8 Å². The predicted molar refractivity (Wildman–Crippen MR) is 76.4 cm³/mol. The number of nitrogens with two attached hydrogens (primary N) is 1. The molecule has 0 aromatic heterocycles. The number of hydrogen-bond donors (Lipinski definition) is 3. The average Bonchev–Trinajstić information content (AvgIpc) is 2.32. The minimum Gasteiger partial charge on any atom is -0.354 e. The van der Waals surface area contributed by atoms with Crippen LogP contribution in [0, 0.1) is 5.92 Å². The Morgan fingerprint density at radius 3 is 2.33 bits per heavy atom. The molecule has 0 bridgehead atoms. The third kappa shape index (κ3) is 7.55. The van der Waals surface area contributed by atoms with Crippen LogP contribution in [-0.2, 0) is 9.59 Å². The van der Waals surface area contributed by atoms with Gasteiger partial charge in [0.1, 0.15) is 6.04 Å². The number of carbonyl (C=O) groups is 2. The SMILES string of the molecule is CSCC[C@@H](N)C(=O)NC(C)C(=O)NCC(C)C. The summed E-state index contributed by atoms with van der Waals surface area (Å²) in [5, 5.41) is 5.40. The summed E-state index contributed by atoms with van der Waals surface area (Å²) in [5.74, 6) is 0.786. The Kier molecular flexibility index (Phi) is 8.83. The van der Waals surface area contributed by atoms with Gasteiger partial charge in [0, 0.05) is 6.54 Å². The summed E-state index contributed by atoms with van der Waals surface area (Å²) in [6.45, 7) is 6.30. The first kappa shape index (κ1) is 17.2. The molecular formula is C12H25N3O2S. The molecule has 0 aliphatic heterocycles. The van der Waals surface area contributed by atoms with Crippen molar-refractivity contribution in [2.24, 2.45) is 11.7 Å². The Hall–Kier alpha value is -0.750. The van der Waals surface area contributed by atoms with Crippen LogP contribution in [0.3, 0.4) is 0 Å². The van der Waals surface area contributed by atoms with Gasteiger partial charge in [-0.05, 0) is 31.3 Å². The highest BCUT2D eigenvalue weighted by Crippen LogP contribution is 1.99. The third-order valence-corrected chi connectivity index (χ3v) is 3.05. The lowest BCUT2D eigenvalue weighted by Crippen LogP contribution is -2.50. The molecule has 0 saturated carbocycles. The van der Waals surface area contributed by atoms with Gasteiger partial charge in [0.2, 0.25) is 11.8 Å². The van der Waals surface area contributed by atoms with Crippen molar-refractivity contribution in [3.05, 3.63) is 0 Å². The number of rotatable bonds is 8. The maximum Gasteiger partial charge on any atom is 0.242 e. The molecule has 0 aliphatic rings. The smallest absolute Gasteiger partial charge is 0.242 e. The van der Waals surface area contributed by atoms with Gasteiger partial charge >= 0.3 is 0 Å². The lowest BCUT2D eigenvalue weighted by molar-refractivity contribution is -0.129. The fourth-order valence-corrected chi connectivity index (χ4v) is 1.71. The normalized spacial score (nSPS) is 14.1. The van der Waals surface area contributed by atoms with Crippen LogP contribution in [0.2, 0.25) is 0 Å². The Bertz CT molecular complexity index is 272. The average molecular weight is 275 g/mol. The summed E-state index contributed by atoms with van der Waals surface area (Å²) >= 11 is 1.64. The summed E-state index contributed by atoms with van der Waals surface area (Å²) in [7, 11) is 0. The number of thioether (sulfide) groups is 1.